The minimum Gasteiger partial charge on any atom is -0.494 e. The molecule has 3 heteroatoms. The van der Waals surface area contributed by atoms with Crippen LogP contribution in [0, 0.1) is 0 Å². The zero-order valence-corrected chi connectivity index (χ0v) is 11.0. The minimum absolute atomic E-state index is 0.432. The van der Waals surface area contributed by atoms with E-state index in [1.54, 1.807) is 0 Å². The summed E-state index contributed by atoms with van der Waals surface area (Å²) in [6.45, 7) is 2.60. The van der Waals surface area contributed by atoms with Crippen LogP contribution < -0.4 is 9.47 Å². The standard InChI is InChI=1S/C15H15ClO2/c1-2-17-13-7-5-8-14(10-13)18-15-9-4-3-6-12(15)11-16/h3-10H,2,11H2,1H3. The number of ether oxygens (including phenoxy) is 2. The van der Waals surface area contributed by atoms with E-state index < -0.39 is 0 Å². The van der Waals surface area contributed by atoms with Crippen LogP contribution in [0.25, 0.3) is 0 Å². The monoisotopic (exact) mass is 262 g/mol. The molecule has 0 heterocycles. The summed E-state index contributed by atoms with van der Waals surface area (Å²) in [5.41, 5.74) is 0.973. The van der Waals surface area contributed by atoms with Crippen molar-refractivity contribution < 1.29 is 9.47 Å². The quantitative estimate of drug-likeness (QED) is 0.732. The van der Waals surface area contributed by atoms with Crippen molar-refractivity contribution in [3.05, 3.63) is 54.1 Å². The van der Waals surface area contributed by atoms with Gasteiger partial charge in [-0.25, -0.2) is 0 Å². The zero-order chi connectivity index (χ0) is 12.8. The summed E-state index contributed by atoms with van der Waals surface area (Å²) in [6, 6.07) is 15.3. The molecule has 2 rings (SSSR count). The number of halogens is 1. The van der Waals surface area contributed by atoms with Gasteiger partial charge in [-0.2, -0.15) is 0 Å². The maximum atomic E-state index is 5.87. The van der Waals surface area contributed by atoms with E-state index in [1.165, 1.54) is 0 Å². The van der Waals surface area contributed by atoms with Gasteiger partial charge < -0.3 is 9.47 Å². The average Bonchev–Trinajstić information content (AvgIpc) is 2.40. The molecule has 0 amide bonds. The third-order valence-electron chi connectivity index (χ3n) is 2.46. The molecule has 0 N–H and O–H groups in total. The molecule has 0 aliphatic heterocycles. The zero-order valence-electron chi connectivity index (χ0n) is 10.2. The molecule has 2 aromatic rings. The summed E-state index contributed by atoms with van der Waals surface area (Å²) < 4.78 is 11.3. The Bertz CT molecular complexity index is 511. The molecule has 2 aromatic carbocycles. The molecule has 0 spiro atoms. The van der Waals surface area contributed by atoms with E-state index in [0.29, 0.717) is 12.5 Å². The SMILES string of the molecule is CCOc1cccc(Oc2ccccc2CCl)c1. The normalized spacial score (nSPS) is 10.1. The highest BCUT2D eigenvalue weighted by molar-refractivity contribution is 6.17. The van der Waals surface area contributed by atoms with Crippen molar-refractivity contribution in [3.8, 4) is 17.2 Å². The van der Waals surface area contributed by atoms with Crippen molar-refractivity contribution in [2.75, 3.05) is 6.61 Å². The van der Waals surface area contributed by atoms with Crippen LogP contribution in [0.4, 0.5) is 0 Å². The Hall–Kier alpha value is -1.67. The molecule has 0 aliphatic rings. The molecule has 2 nitrogen and oxygen atoms in total. The highest BCUT2D eigenvalue weighted by atomic mass is 35.5. The maximum absolute atomic E-state index is 5.87. The van der Waals surface area contributed by atoms with Crippen molar-refractivity contribution in [1.29, 1.82) is 0 Å². The summed E-state index contributed by atoms with van der Waals surface area (Å²) in [4.78, 5) is 0. The molecule has 94 valence electrons. The molecule has 0 bridgehead atoms. The predicted octanol–water partition coefficient (Wildman–Crippen LogP) is 4.62. The van der Waals surface area contributed by atoms with Gasteiger partial charge in [0.25, 0.3) is 0 Å². The van der Waals surface area contributed by atoms with Crippen LogP contribution in [-0.2, 0) is 5.88 Å². The van der Waals surface area contributed by atoms with Gasteiger partial charge in [-0.3, -0.25) is 0 Å². The fourth-order valence-electron chi connectivity index (χ4n) is 1.63. The largest absolute Gasteiger partial charge is 0.494 e. The predicted molar refractivity (Wildman–Crippen MR) is 73.7 cm³/mol. The summed E-state index contributed by atoms with van der Waals surface area (Å²) in [5, 5.41) is 0. The number of alkyl halides is 1. The third kappa shape index (κ3) is 3.17. The van der Waals surface area contributed by atoms with Gasteiger partial charge in [0, 0.05) is 11.6 Å². The van der Waals surface area contributed by atoms with E-state index in [2.05, 4.69) is 0 Å². The van der Waals surface area contributed by atoms with Gasteiger partial charge in [0.05, 0.1) is 12.5 Å². The summed E-state index contributed by atoms with van der Waals surface area (Å²) in [7, 11) is 0. The van der Waals surface area contributed by atoms with Crippen LogP contribution in [0.1, 0.15) is 12.5 Å². The van der Waals surface area contributed by atoms with E-state index in [0.717, 1.165) is 22.8 Å². The Kier molecular flexibility index (Phi) is 4.48. The molecule has 0 fully saturated rings. The van der Waals surface area contributed by atoms with Crippen LogP contribution >= 0.6 is 11.6 Å². The Labute approximate surface area is 112 Å². The van der Waals surface area contributed by atoms with Gasteiger partial charge in [0.1, 0.15) is 17.2 Å². The lowest BCUT2D eigenvalue weighted by atomic mass is 10.2. The highest BCUT2D eigenvalue weighted by Gasteiger charge is 2.04. The Morgan fingerprint density at radius 3 is 2.56 bits per heavy atom. The second kappa shape index (κ2) is 6.31. The highest BCUT2D eigenvalue weighted by Crippen LogP contribution is 2.28. The smallest absolute Gasteiger partial charge is 0.131 e. The molecule has 0 aromatic heterocycles. The Morgan fingerprint density at radius 2 is 1.78 bits per heavy atom. The molecule has 0 saturated carbocycles. The molecule has 18 heavy (non-hydrogen) atoms. The second-order valence-corrected chi connectivity index (χ2v) is 4.02. The molecule has 0 unspecified atom stereocenters. The first kappa shape index (κ1) is 12.8. The average molecular weight is 263 g/mol. The van der Waals surface area contributed by atoms with Gasteiger partial charge >= 0.3 is 0 Å². The Balaban J connectivity index is 2.20. The fraction of sp³-hybridized carbons (Fsp3) is 0.200. The number of para-hydroxylation sites is 1. The van der Waals surface area contributed by atoms with Gasteiger partial charge in [-0.1, -0.05) is 24.3 Å². The lowest BCUT2D eigenvalue weighted by molar-refractivity contribution is 0.338. The number of benzene rings is 2. The molecule has 0 radical (unpaired) electrons. The van der Waals surface area contributed by atoms with Crippen LogP contribution in [0.3, 0.4) is 0 Å². The lowest BCUT2D eigenvalue weighted by Crippen LogP contribution is -1.93. The third-order valence-corrected chi connectivity index (χ3v) is 2.75. The van der Waals surface area contributed by atoms with Gasteiger partial charge in [-0.05, 0) is 25.1 Å². The summed E-state index contributed by atoms with van der Waals surface area (Å²) >= 11 is 5.87. The molecular weight excluding hydrogens is 248 g/mol. The molecular formula is C15H15ClO2. The topological polar surface area (TPSA) is 18.5 Å². The van der Waals surface area contributed by atoms with E-state index in [-0.39, 0.29) is 0 Å². The molecule has 0 aliphatic carbocycles. The van der Waals surface area contributed by atoms with E-state index in [4.69, 9.17) is 21.1 Å². The molecule has 0 saturated heterocycles. The van der Waals surface area contributed by atoms with Crippen molar-refractivity contribution in [3.63, 3.8) is 0 Å². The molecule has 0 atom stereocenters. The fourth-order valence-corrected chi connectivity index (χ4v) is 1.86. The number of rotatable bonds is 5. The van der Waals surface area contributed by atoms with Gasteiger partial charge in [0.2, 0.25) is 0 Å². The van der Waals surface area contributed by atoms with Crippen molar-refractivity contribution in [2.45, 2.75) is 12.8 Å². The second-order valence-electron chi connectivity index (χ2n) is 3.75. The number of hydrogen-bond acceptors (Lipinski definition) is 2. The first-order valence-electron chi connectivity index (χ1n) is 5.88. The van der Waals surface area contributed by atoms with Crippen LogP contribution in [0.15, 0.2) is 48.5 Å². The van der Waals surface area contributed by atoms with Gasteiger partial charge in [0.15, 0.2) is 0 Å². The van der Waals surface area contributed by atoms with E-state index >= 15 is 0 Å². The number of hydrogen-bond donors (Lipinski definition) is 0. The van der Waals surface area contributed by atoms with E-state index in [1.807, 2.05) is 55.5 Å². The van der Waals surface area contributed by atoms with Crippen molar-refractivity contribution >= 4 is 11.6 Å². The minimum atomic E-state index is 0.432. The van der Waals surface area contributed by atoms with Crippen molar-refractivity contribution in [1.82, 2.24) is 0 Å². The van der Waals surface area contributed by atoms with Crippen LogP contribution in [0.5, 0.6) is 17.2 Å². The van der Waals surface area contributed by atoms with Crippen LogP contribution in [0.2, 0.25) is 0 Å². The summed E-state index contributed by atoms with van der Waals surface area (Å²) in [5.74, 6) is 2.76. The first-order valence-corrected chi connectivity index (χ1v) is 6.41. The van der Waals surface area contributed by atoms with Crippen LogP contribution in [-0.4, -0.2) is 6.61 Å². The Morgan fingerprint density at radius 1 is 1.00 bits per heavy atom. The van der Waals surface area contributed by atoms with Crippen molar-refractivity contribution in [2.24, 2.45) is 0 Å². The van der Waals surface area contributed by atoms with E-state index in [9.17, 15) is 0 Å². The lowest BCUT2D eigenvalue weighted by Gasteiger charge is -2.10. The maximum Gasteiger partial charge on any atom is 0.131 e. The summed E-state index contributed by atoms with van der Waals surface area (Å²) in [6.07, 6.45) is 0. The van der Waals surface area contributed by atoms with Gasteiger partial charge in [-0.15, -0.1) is 11.6 Å². The first-order chi connectivity index (χ1) is 8.83.